The molecule has 3 nitrogen and oxygen atoms in total. The number of carbonyl (C=O) groups excluding carboxylic acids is 2. The van der Waals surface area contributed by atoms with Crippen LogP contribution in [0.15, 0.2) is 24.3 Å². The first-order valence-corrected chi connectivity index (χ1v) is 7.54. The van der Waals surface area contributed by atoms with Gasteiger partial charge in [0.05, 0.1) is 6.54 Å². The molecule has 0 atom stereocenters. The van der Waals surface area contributed by atoms with Gasteiger partial charge in [-0.15, -0.1) is 0 Å². The summed E-state index contributed by atoms with van der Waals surface area (Å²) >= 11 is 0. The molecule has 2 rings (SSSR count). The van der Waals surface area contributed by atoms with Gasteiger partial charge >= 0.3 is 0 Å². The van der Waals surface area contributed by atoms with Gasteiger partial charge in [0.2, 0.25) is 5.91 Å². The molecule has 1 aliphatic rings. The smallest absolute Gasteiger partial charge is 0.223 e. The standard InChI is InChI=1S/C18H21NO2/c1-14(20)16-11-9-15(10-12-16)6-5-13-19-18(21)17-7-3-2-4-8-17/h9-12,17H,2-4,7-8,13H2,1H3,(H,19,21). The average Bonchev–Trinajstić information content (AvgIpc) is 2.52. The van der Waals surface area contributed by atoms with Gasteiger partial charge < -0.3 is 5.32 Å². The summed E-state index contributed by atoms with van der Waals surface area (Å²) in [6.07, 6.45) is 5.58. The van der Waals surface area contributed by atoms with Crippen molar-refractivity contribution in [1.82, 2.24) is 5.32 Å². The molecule has 1 aromatic carbocycles. The lowest BCUT2D eigenvalue weighted by atomic mass is 9.89. The van der Waals surface area contributed by atoms with Crippen LogP contribution in [0.2, 0.25) is 0 Å². The van der Waals surface area contributed by atoms with Gasteiger partial charge in [-0.05, 0) is 31.9 Å². The Balaban J connectivity index is 1.80. The van der Waals surface area contributed by atoms with Gasteiger partial charge in [0.15, 0.2) is 5.78 Å². The highest BCUT2D eigenvalue weighted by molar-refractivity contribution is 5.94. The second-order valence-corrected chi connectivity index (χ2v) is 5.49. The van der Waals surface area contributed by atoms with E-state index in [-0.39, 0.29) is 17.6 Å². The Bertz CT molecular complexity index is 557. The quantitative estimate of drug-likeness (QED) is 0.685. The van der Waals surface area contributed by atoms with E-state index >= 15 is 0 Å². The molecule has 1 aromatic rings. The molecule has 0 heterocycles. The van der Waals surface area contributed by atoms with Crippen LogP contribution in [0, 0.1) is 17.8 Å². The molecule has 0 unspecified atom stereocenters. The van der Waals surface area contributed by atoms with Crippen molar-refractivity contribution in [2.24, 2.45) is 5.92 Å². The van der Waals surface area contributed by atoms with Crippen molar-refractivity contribution < 1.29 is 9.59 Å². The molecular weight excluding hydrogens is 262 g/mol. The van der Waals surface area contributed by atoms with Crippen LogP contribution in [-0.4, -0.2) is 18.2 Å². The van der Waals surface area contributed by atoms with Crippen LogP contribution in [0.25, 0.3) is 0 Å². The molecule has 0 aromatic heterocycles. The molecule has 1 aliphatic carbocycles. The molecule has 0 saturated heterocycles. The summed E-state index contributed by atoms with van der Waals surface area (Å²) < 4.78 is 0. The fourth-order valence-corrected chi connectivity index (χ4v) is 2.57. The van der Waals surface area contributed by atoms with Gasteiger partial charge in [-0.25, -0.2) is 0 Å². The first kappa shape index (κ1) is 15.3. The van der Waals surface area contributed by atoms with E-state index in [1.54, 1.807) is 19.1 Å². The number of benzene rings is 1. The molecule has 21 heavy (non-hydrogen) atoms. The number of hydrogen-bond donors (Lipinski definition) is 1. The van der Waals surface area contributed by atoms with Crippen LogP contribution in [0.5, 0.6) is 0 Å². The molecule has 1 N–H and O–H groups in total. The van der Waals surface area contributed by atoms with Crippen molar-refractivity contribution in [3.8, 4) is 11.8 Å². The van der Waals surface area contributed by atoms with E-state index in [4.69, 9.17) is 0 Å². The Morgan fingerprint density at radius 1 is 1.14 bits per heavy atom. The second kappa shape index (κ2) is 7.64. The van der Waals surface area contributed by atoms with Crippen LogP contribution in [-0.2, 0) is 4.79 Å². The first-order chi connectivity index (χ1) is 10.2. The largest absolute Gasteiger partial charge is 0.345 e. The Hall–Kier alpha value is -2.08. The topological polar surface area (TPSA) is 46.2 Å². The Kier molecular flexibility index (Phi) is 5.57. The lowest BCUT2D eigenvalue weighted by Gasteiger charge is -2.19. The maximum absolute atomic E-state index is 11.9. The molecular formula is C18H21NO2. The van der Waals surface area contributed by atoms with Crippen molar-refractivity contribution in [3.63, 3.8) is 0 Å². The number of amides is 1. The molecule has 3 heteroatoms. The molecule has 0 aliphatic heterocycles. The van der Waals surface area contributed by atoms with Gasteiger partial charge in [-0.2, -0.15) is 0 Å². The summed E-state index contributed by atoms with van der Waals surface area (Å²) in [5.41, 5.74) is 1.54. The summed E-state index contributed by atoms with van der Waals surface area (Å²) in [5.74, 6) is 6.31. The third kappa shape index (κ3) is 4.75. The third-order valence-corrected chi connectivity index (χ3v) is 3.85. The monoisotopic (exact) mass is 283 g/mol. The van der Waals surface area contributed by atoms with E-state index in [9.17, 15) is 9.59 Å². The van der Waals surface area contributed by atoms with E-state index in [0.29, 0.717) is 12.1 Å². The Labute approximate surface area is 126 Å². The highest BCUT2D eigenvalue weighted by Gasteiger charge is 2.19. The number of nitrogens with one attached hydrogen (secondary N) is 1. The number of Topliss-reactive ketones (excluding diaryl/α,β-unsaturated/α-hetero) is 1. The summed E-state index contributed by atoms with van der Waals surface area (Å²) in [6.45, 7) is 1.92. The van der Waals surface area contributed by atoms with E-state index in [1.807, 2.05) is 12.1 Å². The molecule has 0 spiro atoms. The molecule has 1 saturated carbocycles. The SMILES string of the molecule is CC(=O)c1ccc(C#CCNC(=O)C2CCCCC2)cc1. The zero-order chi connectivity index (χ0) is 15.1. The van der Waals surface area contributed by atoms with Crippen molar-refractivity contribution in [1.29, 1.82) is 0 Å². The molecule has 0 bridgehead atoms. The lowest BCUT2D eigenvalue weighted by molar-refractivity contribution is -0.125. The maximum Gasteiger partial charge on any atom is 0.223 e. The van der Waals surface area contributed by atoms with Gasteiger partial charge in [0, 0.05) is 17.0 Å². The second-order valence-electron chi connectivity index (χ2n) is 5.49. The van der Waals surface area contributed by atoms with E-state index in [1.165, 1.54) is 6.42 Å². The van der Waals surface area contributed by atoms with Crippen molar-refractivity contribution in [2.45, 2.75) is 39.0 Å². The van der Waals surface area contributed by atoms with Crippen molar-refractivity contribution >= 4 is 11.7 Å². The third-order valence-electron chi connectivity index (χ3n) is 3.85. The Morgan fingerprint density at radius 3 is 2.43 bits per heavy atom. The van der Waals surface area contributed by atoms with Crippen molar-refractivity contribution in [3.05, 3.63) is 35.4 Å². The minimum Gasteiger partial charge on any atom is -0.345 e. The normalized spacial score (nSPS) is 14.9. The molecule has 1 amide bonds. The highest BCUT2D eigenvalue weighted by atomic mass is 16.1. The summed E-state index contributed by atoms with van der Waals surface area (Å²) in [7, 11) is 0. The van der Waals surface area contributed by atoms with E-state index < -0.39 is 0 Å². The number of ketones is 1. The van der Waals surface area contributed by atoms with Crippen LogP contribution in [0.4, 0.5) is 0 Å². The summed E-state index contributed by atoms with van der Waals surface area (Å²) in [4.78, 5) is 23.1. The van der Waals surface area contributed by atoms with Gasteiger partial charge in [-0.1, -0.05) is 43.2 Å². The van der Waals surface area contributed by atoms with Crippen LogP contribution in [0.3, 0.4) is 0 Å². The van der Waals surface area contributed by atoms with E-state index in [0.717, 1.165) is 31.2 Å². The first-order valence-electron chi connectivity index (χ1n) is 7.54. The number of carbonyl (C=O) groups is 2. The Morgan fingerprint density at radius 2 is 1.81 bits per heavy atom. The lowest BCUT2D eigenvalue weighted by Crippen LogP contribution is -2.32. The van der Waals surface area contributed by atoms with Crippen LogP contribution >= 0.6 is 0 Å². The van der Waals surface area contributed by atoms with Gasteiger partial charge in [-0.3, -0.25) is 9.59 Å². The number of hydrogen-bond acceptors (Lipinski definition) is 2. The molecule has 1 fully saturated rings. The predicted molar refractivity (Wildman–Crippen MR) is 82.9 cm³/mol. The fraction of sp³-hybridized carbons (Fsp3) is 0.444. The van der Waals surface area contributed by atoms with E-state index in [2.05, 4.69) is 17.2 Å². The van der Waals surface area contributed by atoms with Gasteiger partial charge in [0.25, 0.3) is 0 Å². The zero-order valence-electron chi connectivity index (χ0n) is 12.4. The average molecular weight is 283 g/mol. The zero-order valence-corrected chi connectivity index (χ0v) is 12.4. The molecule has 0 radical (unpaired) electrons. The highest BCUT2D eigenvalue weighted by Crippen LogP contribution is 2.23. The van der Waals surface area contributed by atoms with Crippen LogP contribution < -0.4 is 5.32 Å². The fourth-order valence-electron chi connectivity index (χ4n) is 2.57. The summed E-state index contributed by atoms with van der Waals surface area (Å²) in [6, 6.07) is 7.19. The number of rotatable bonds is 3. The molecule has 110 valence electrons. The van der Waals surface area contributed by atoms with Crippen LogP contribution in [0.1, 0.15) is 54.9 Å². The minimum absolute atomic E-state index is 0.0502. The van der Waals surface area contributed by atoms with Crippen molar-refractivity contribution in [2.75, 3.05) is 6.54 Å². The maximum atomic E-state index is 11.9. The van der Waals surface area contributed by atoms with Gasteiger partial charge in [0.1, 0.15) is 0 Å². The minimum atomic E-state index is 0.0502. The predicted octanol–water partition coefficient (Wildman–Crippen LogP) is 2.94. The summed E-state index contributed by atoms with van der Waals surface area (Å²) in [5, 5.41) is 2.89.